The van der Waals surface area contributed by atoms with Gasteiger partial charge in [-0.15, -0.1) is 11.3 Å². The van der Waals surface area contributed by atoms with Crippen LogP contribution in [0.4, 0.5) is 0 Å². The Kier molecular flexibility index (Phi) is 4.04. The van der Waals surface area contributed by atoms with Crippen LogP contribution in [-0.2, 0) is 6.54 Å². The molecule has 0 saturated heterocycles. The van der Waals surface area contributed by atoms with Crippen molar-refractivity contribution in [1.29, 1.82) is 0 Å². The number of imidazole rings is 1. The molecule has 0 saturated carbocycles. The van der Waals surface area contributed by atoms with E-state index in [0.717, 1.165) is 17.2 Å². The first-order valence-electron chi connectivity index (χ1n) is 6.30. The van der Waals surface area contributed by atoms with Crippen molar-refractivity contribution in [2.45, 2.75) is 40.3 Å². The molecule has 2 heterocycles. The van der Waals surface area contributed by atoms with Crippen LogP contribution >= 0.6 is 11.3 Å². The van der Waals surface area contributed by atoms with Gasteiger partial charge in [0.15, 0.2) is 4.96 Å². The fourth-order valence-corrected chi connectivity index (χ4v) is 3.05. The highest BCUT2D eigenvalue weighted by Crippen LogP contribution is 2.20. The number of thiazole rings is 1. The maximum Gasteiger partial charge on any atom is 0.194 e. The molecule has 2 aromatic rings. The molecule has 0 bridgehead atoms. The van der Waals surface area contributed by atoms with Crippen molar-refractivity contribution in [3.05, 3.63) is 22.5 Å². The maximum absolute atomic E-state index is 9.34. The fourth-order valence-electron chi connectivity index (χ4n) is 2.11. The normalized spacial score (nSPS) is 13.7. The highest BCUT2D eigenvalue weighted by molar-refractivity contribution is 7.15. The minimum Gasteiger partial charge on any atom is -0.395 e. The molecule has 100 valence electrons. The lowest BCUT2D eigenvalue weighted by Crippen LogP contribution is -2.36. The second kappa shape index (κ2) is 5.38. The Morgan fingerprint density at radius 3 is 2.78 bits per heavy atom. The molecule has 0 aromatic carbocycles. The number of nitrogens with one attached hydrogen (secondary N) is 1. The van der Waals surface area contributed by atoms with Crippen molar-refractivity contribution in [1.82, 2.24) is 14.7 Å². The Morgan fingerprint density at radius 1 is 1.44 bits per heavy atom. The summed E-state index contributed by atoms with van der Waals surface area (Å²) in [5.74, 6) is 0.419. The van der Waals surface area contributed by atoms with Gasteiger partial charge in [0.1, 0.15) is 0 Å². The van der Waals surface area contributed by atoms with Gasteiger partial charge in [-0.2, -0.15) is 0 Å². The Labute approximate surface area is 112 Å². The van der Waals surface area contributed by atoms with Crippen LogP contribution in [0.5, 0.6) is 0 Å². The summed E-state index contributed by atoms with van der Waals surface area (Å²) in [5, 5.41) is 14.9. The Morgan fingerprint density at radius 2 is 2.17 bits per heavy atom. The largest absolute Gasteiger partial charge is 0.395 e. The summed E-state index contributed by atoms with van der Waals surface area (Å²) in [6, 6.07) is 0.133. The number of hydrogen-bond donors (Lipinski definition) is 2. The average molecular weight is 267 g/mol. The van der Waals surface area contributed by atoms with Gasteiger partial charge in [-0.05, 0) is 19.8 Å². The molecule has 1 atom stereocenters. The topological polar surface area (TPSA) is 49.6 Å². The van der Waals surface area contributed by atoms with Crippen molar-refractivity contribution in [2.75, 3.05) is 6.61 Å². The minimum absolute atomic E-state index is 0.133. The molecule has 0 aliphatic rings. The molecule has 2 aromatic heterocycles. The van der Waals surface area contributed by atoms with E-state index in [4.69, 9.17) is 0 Å². The third-order valence-electron chi connectivity index (χ3n) is 3.36. The molecule has 5 heteroatoms. The van der Waals surface area contributed by atoms with Gasteiger partial charge in [0, 0.05) is 23.7 Å². The number of aliphatic hydroxyl groups excluding tert-OH is 1. The van der Waals surface area contributed by atoms with Gasteiger partial charge in [-0.3, -0.25) is 4.40 Å². The predicted molar refractivity (Wildman–Crippen MR) is 75.1 cm³/mol. The van der Waals surface area contributed by atoms with Crippen LogP contribution < -0.4 is 5.32 Å². The van der Waals surface area contributed by atoms with Gasteiger partial charge in [-0.25, -0.2) is 4.98 Å². The smallest absolute Gasteiger partial charge is 0.194 e. The van der Waals surface area contributed by atoms with E-state index in [2.05, 4.69) is 40.9 Å². The summed E-state index contributed by atoms with van der Waals surface area (Å²) < 4.78 is 2.20. The molecule has 2 N–H and O–H groups in total. The molecule has 0 aliphatic carbocycles. The number of aromatic nitrogens is 2. The lowest BCUT2D eigenvalue weighted by atomic mass is 10.1. The molecule has 0 unspecified atom stereocenters. The van der Waals surface area contributed by atoms with Crippen LogP contribution in [0.2, 0.25) is 0 Å². The van der Waals surface area contributed by atoms with Crippen molar-refractivity contribution in [3.63, 3.8) is 0 Å². The number of aliphatic hydroxyl groups is 1. The molecular formula is C13H21N3OS. The second-order valence-electron chi connectivity index (χ2n) is 5.05. The van der Waals surface area contributed by atoms with Crippen molar-refractivity contribution in [2.24, 2.45) is 5.92 Å². The quantitative estimate of drug-likeness (QED) is 0.872. The van der Waals surface area contributed by atoms with E-state index in [1.165, 1.54) is 11.4 Å². The molecule has 0 aliphatic heterocycles. The summed E-state index contributed by atoms with van der Waals surface area (Å²) in [4.78, 5) is 5.61. The van der Waals surface area contributed by atoms with E-state index >= 15 is 0 Å². The predicted octanol–water partition coefficient (Wildman–Crippen LogP) is 2.12. The Hall–Kier alpha value is -0.910. The van der Waals surface area contributed by atoms with Gasteiger partial charge in [0.2, 0.25) is 0 Å². The highest BCUT2D eigenvalue weighted by atomic mass is 32.1. The molecule has 4 nitrogen and oxygen atoms in total. The van der Waals surface area contributed by atoms with Crippen LogP contribution in [0.1, 0.15) is 30.9 Å². The van der Waals surface area contributed by atoms with Crippen molar-refractivity contribution in [3.8, 4) is 0 Å². The molecule has 2 rings (SSSR count). The third kappa shape index (κ3) is 2.43. The minimum atomic E-state index is 0.133. The molecule has 18 heavy (non-hydrogen) atoms. The highest BCUT2D eigenvalue weighted by Gasteiger charge is 2.15. The van der Waals surface area contributed by atoms with E-state index in [0.29, 0.717) is 5.92 Å². The van der Waals surface area contributed by atoms with Gasteiger partial charge in [0.05, 0.1) is 18.0 Å². The standard InChI is InChI=1S/C13H21N3OS/c1-8(2)11(6-17)14-5-12-10(4)15-13-16(12)9(3)7-18-13/h7-8,11,14,17H,5-6H2,1-4H3/t11-/m1/s1. The van der Waals surface area contributed by atoms with Gasteiger partial charge in [0.25, 0.3) is 0 Å². The number of rotatable bonds is 5. The van der Waals surface area contributed by atoms with E-state index in [1.807, 2.05) is 6.92 Å². The summed E-state index contributed by atoms with van der Waals surface area (Å²) in [5.41, 5.74) is 3.48. The van der Waals surface area contributed by atoms with Crippen LogP contribution in [-0.4, -0.2) is 27.1 Å². The van der Waals surface area contributed by atoms with Crippen molar-refractivity contribution >= 4 is 16.3 Å². The number of nitrogens with zero attached hydrogens (tertiary/aromatic N) is 2. The molecule has 0 amide bonds. The van der Waals surface area contributed by atoms with E-state index in [9.17, 15) is 5.11 Å². The molecular weight excluding hydrogens is 246 g/mol. The first kappa shape index (κ1) is 13.5. The third-order valence-corrected chi connectivity index (χ3v) is 4.31. The average Bonchev–Trinajstić information content (AvgIpc) is 2.81. The number of aryl methyl sites for hydroxylation is 2. The maximum atomic E-state index is 9.34. The summed E-state index contributed by atoms with van der Waals surface area (Å²) >= 11 is 1.67. The molecule has 0 radical (unpaired) electrons. The lowest BCUT2D eigenvalue weighted by Gasteiger charge is -2.20. The zero-order valence-corrected chi connectivity index (χ0v) is 12.2. The van der Waals surface area contributed by atoms with Gasteiger partial charge < -0.3 is 10.4 Å². The van der Waals surface area contributed by atoms with Crippen LogP contribution in [0, 0.1) is 19.8 Å². The van der Waals surface area contributed by atoms with Crippen LogP contribution in [0.3, 0.4) is 0 Å². The number of fused-ring (bicyclic) bond motifs is 1. The van der Waals surface area contributed by atoms with E-state index in [-0.39, 0.29) is 12.6 Å². The Balaban J connectivity index is 2.20. The van der Waals surface area contributed by atoms with E-state index in [1.54, 1.807) is 11.3 Å². The lowest BCUT2D eigenvalue weighted by molar-refractivity contribution is 0.209. The van der Waals surface area contributed by atoms with Gasteiger partial charge >= 0.3 is 0 Å². The second-order valence-corrected chi connectivity index (χ2v) is 5.89. The Bertz CT molecular complexity index is 530. The van der Waals surface area contributed by atoms with E-state index < -0.39 is 0 Å². The fraction of sp³-hybridized carbons (Fsp3) is 0.615. The van der Waals surface area contributed by atoms with Gasteiger partial charge in [-0.1, -0.05) is 13.8 Å². The zero-order chi connectivity index (χ0) is 13.3. The molecule has 0 fully saturated rings. The van der Waals surface area contributed by atoms with Crippen molar-refractivity contribution < 1.29 is 5.11 Å². The summed E-state index contributed by atoms with van der Waals surface area (Å²) in [6.07, 6.45) is 0. The first-order valence-corrected chi connectivity index (χ1v) is 7.18. The monoisotopic (exact) mass is 267 g/mol. The van der Waals surface area contributed by atoms with Crippen LogP contribution in [0.15, 0.2) is 5.38 Å². The summed E-state index contributed by atoms with van der Waals surface area (Å²) in [6.45, 7) is 9.28. The van der Waals surface area contributed by atoms with Crippen LogP contribution in [0.25, 0.3) is 4.96 Å². The first-order chi connectivity index (χ1) is 8.54. The summed E-state index contributed by atoms with van der Waals surface area (Å²) in [7, 11) is 0. The zero-order valence-electron chi connectivity index (χ0n) is 11.4. The SMILES string of the molecule is Cc1nc2scc(C)n2c1CN[C@H](CO)C(C)C. The number of hydrogen-bond acceptors (Lipinski definition) is 4. The molecule has 0 spiro atoms.